The van der Waals surface area contributed by atoms with Gasteiger partial charge in [-0.25, -0.2) is 0 Å². The van der Waals surface area contributed by atoms with Crippen molar-refractivity contribution >= 4 is 17.6 Å². The maximum absolute atomic E-state index is 5.97. The van der Waals surface area contributed by atoms with Gasteiger partial charge in [-0.1, -0.05) is 48.0 Å². The van der Waals surface area contributed by atoms with Gasteiger partial charge in [0.25, 0.3) is 0 Å². The summed E-state index contributed by atoms with van der Waals surface area (Å²) in [5.41, 5.74) is 3.53. The van der Waals surface area contributed by atoms with Crippen LogP contribution in [0.4, 0.5) is 0 Å². The number of guanidine groups is 1. The van der Waals surface area contributed by atoms with E-state index >= 15 is 0 Å². The van der Waals surface area contributed by atoms with E-state index in [2.05, 4.69) is 27.8 Å². The molecule has 0 aliphatic carbocycles. The number of nitrogens with one attached hydrogen (secondary N) is 2. The van der Waals surface area contributed by atoms with Gasteiger partial charge in [-0.3, -0.25) is 4.99 Å². The lowest BCUT2D eigenvalue weighted by atomic mass is 10.00. The van der Waals surface area contributed by atoms with E-state index in [-0.39, 0.29) is 0 Å². The van der Waals surface area contributed by atoms with E-state index in [1.165, 1.54) is 11.1 Å². The monoisotopic (exact) mass is 331 g/mol. The Hall–Kier alpha value is -2.04. The molecule has 0 radical (unpaired) electrons. The number of hydrogen-bond acceptors (Lipinski definition) is 2. The van der Waals surface area contributed by atoms with Crippen molar-refractivity contribution in [3.8, 4) is 11.1 Å². The van der Waals surface area contributed by atoms with E-state index in [4.69, 9.17) is 16.3 Å². The van der Waals surface area contributed by atoms with Gasteiger partial charge in [0, 0.05) is 32.3 Å². The SMILES string of the molecule is CN=C(NCCOC)NCc1ccccc1-c1ccc(Cl)cc1. The number of methoxy groups -OCH3 is 1. The summed E-state index contributed by atoms with van der Waals surface area (Å²) in [5, 5.41) is 7.27. The molecule has 4 nitrogen and oxygen atoms in total. The second-order valence-electron chi connectivity index (χ2n) is 5.01. The Morgan fingerprint density at radius 3 is 2.52 bits per heavy atom. The molecule has 0 atom stereocenters. The molecule has 0 aromatic heterocycles. The third-order valence-corrected chi connectivity index (χ3v) is 3.69. The highest BCUT2D eigenvalue weighted by molar-refractivity contribution is 6.30. The number of halogens is 1. The number of rotatable bonds is 6. The summed E-state index contributed by atoms with van der Waals surface area (Å²) >= 11 is 5.97. The number of aliphatic imine (C=N–C) groups is 1. The van der Waals surface area contributed by atoms with Gasteiger partial charge in [-0.05, 0) is 28.8 Å². The lowest BCUT2D eigenvalue weighted by Gasteiger charge is -2.14. The van der Waals surface area contributed by atoms with Crippen LogP contribution in [0.3, 0.4) is 0 Å². The smallest absolute Gasteiger partial charge is 0.191 e. The number of ether oxygens (including phenoxy) is 1. The summed E-state index contributed by atoms with van der Waals surface area (Å²) in [6, 6.07) is 16.2. The Labute approximate surface area is 142 Å². The molecule has 0 unspecified atom stereocenters. The molecule has 0 spiro atoms. The number of nitrogens with zero attached hydrogens (tertiary/aromatic N) is 1. The first-order valence-corrected chi connectivity index (χ1v) is 7.89. The molecule has 0 saturated heterocycles. The number of hydrogen-bond donors (Lipinski definition) is 2. The standard InChI is InChI=1S/C18H22ClN3O/c1-20-18(21-11-12-23-2)22-13-15-5-3-4-6-17(15)14-7-9-16(19)10-8-14/h3-10H,11-13H2,1-2H3,(H2,20,21,22). The minimum absolute atomic E-state index is 0.641. The molecule has 0 aliphatic heterocycles. The van der Waals surface area contributed by atoms with E-state index in [1.54, 1.807) is 14.2 Å². The van der Waals surface area contributed by atoms with Crippen LogP contribution >= 0.6 is 11.6 Å². The summed E-state index contributed by atoms with van der Waals surface area (Å²) in [6.07, 6.45) is 0. The predicted octanol–water partition coefficient (Wildman–Crippen LogP) is 3.32. The van der Waals surface area contributed by atoms with Gasteiger partial charge in [-0.15, -0.1) is 0 Å². The minimum Gasteiger partial charge on any atom is -0.383 e. The van der Waals surface area contributed by atoms with Gasteiger partial charge in [0.2, 0.25) is 0 Å². The van der Waals surface area contributed by atoms with Crippen molar-refractivity contribution < 1.29 is 4.74 Å². The summed E-state index contributed by atoms with van der Waals surface area (Å²) < 4.78 is 5.03. The maximum atomic E-state index is 5.97. The zero-order valence-corrected chi connectivity index (χ0v) is 14.2. The third-order valence-electron chi connectivity index (χ3n) is 3.44. The lowest BCUT2D eigenvalue weighted by molar-refractivity contribution is 0.203. The summed E-state index contributed by atoms with van der Waals surface area (Å²) in [6.45, 7) is 2.04. The highest BCUT2D eigenvalue weighted by Crippen LogP contribution is 2.25. The van der Waals surface area contributed by atoms with Crippen LogP contribution in [0.2, 0.25) is 5.02 Å². The largest absolute Gasteiger partial charge is 0.383 e. The van der Waals surface area contributed by atoms with Gasteiger partial charge >= 0.3 is 0 Å². The first-order chi connectivity index (χ1) is 11.2. The molecule has 2 aromatic rings. The Balaban J connectivity index is 2.07. The van der Waals surface area contributed by atoms with Crippen LogP contribution < -0.4 is 10.6 Å². The fourth-order valence-corrected chi connectivity index (χ4v) is 2.38. The zero-order chi connectivity index (χ0) is 16.5. The van der Waals surface area contributed by atoms with Crippen molar-refractivity contribution in [2.24, 2.45) is 4.99 Å². The summed E-state index contributed by atoms with van der Waals surface area (Å²) in [4.78, 5) is 4.21. The van der Waals surface area contributed by atoms with Gasteiger partial charge in [-0.2, -0.15) is 0 Å². The van der Waals surface area contributed by atoms with Crippen LogP contribution in [0.25, 0.3) is 11.1 Å². The Morgan fingerprint density at radius 1 is 1.09 bits per heavy atom. The lowest BCUT2D eigenvalue weighted by Crippen LogP contribution is -2.38. The van der Waals surface area contributed by atoms with E-state index in [0.29, 0.717) is 13.2 Å². The van der Waals surface area contributed by atoms with E-state index < -0.39 is 0 Å². The molecule has 2 aromatic carbocycles. The van der Waals surface area contributed by atoms with E-state index in [1.807, 2.05) is 36.4 Å². The van der Waals surface area contributed by atoms with Gasteiger partial charge < -0.3 is 15.4 Å². The molecule has 2 rings (SSSR count). The van der Waals surface area contributed by atoms with Crippen LogP contribution in [0, 0.1) is 0 Å². The van der Waals surface area contributed by atoms with Crippen LogP contribution in [-0.2, 0) is 11.3 Å². The average Bonchev–Trinajstić information content (AvgIpc) is 2.59. The Bertz CT molecular complexity index is 641. The first kappa shape index (κ1) is 17.3. The van der Waals surface area contributed by atoms with Gasteiger partial charge in [0.05, 0.1) is 6.61 Å². The van der Waals surface area contributed by atoms with E-state index in [9.17, 15) is 0 Å². The molecule has 122 valence electrons. The normalized spacial score (nSPS) is 11.3. The molecule has 0 heterocycles. The zero-order valence-electron chi connectivity index (χ0n) is 13.5. The maximum Gasteiger partial charge on any atom is 0.191 e. The van der Waals surface area contributed by atoms with Crippen molar-refractivity contribution in [2.45, 2.75) is 6.54 Å². The van der Waals surface area contributed by atoms with Crippen molar-refractivity contribution in [3.63, 3.8) is 0 Å². The Kier molecular flexibility index (Phi) is 6.91. The highest BCUT2D eigenvalue weighted by Gasteiger charge is 2.05. The predicted molar refractivity (Wildman–Crippen MR) is 97.0 cm³/mol. The van der Waals surface area contributed by atoms with Gasteiger partial charge in [0.15, 0.2) is 5.96 Å². The molecule has 0 aliphatic rings. The molecule has 2 N–H and O–H groups in total. The topological polar surface area (TPSA) is 45.7 Å². The number of benzene rings is 2. The molecule has 0 bridgehead atoms. The van der Waals surface area contributed by atoms with Crippen molar-refractivity contribution in [1.29, 1.82) is 0 Å². The second kappa shape index (κ2) is 9.18. The molecule has 0 fully saturated rings. The van der Waals surface area contributed by atoms with Crippen molar-refractivity contribution in [3.05, 3.63) is 59.1 Å². The fourth-order valence-electron chi connectivity index (χ4n) is 2.26. The molecule has 0 saturated carbocycles. The van der Waals surface area contributed by atoms with Crippen molar-refractivity contribution in [2.75, 3.05) is 27.3 Å². The molecular weight excluding hydrogens is 310 g/mol. The van der Waals surface area contributed by atoms with Crippen LogP contribution in [-0.4, -0.2) is 33.3 Å². The Morgan fingerprint density at radius 2 is 1.83 bits per heavy atom. The van der Waals surface area contributed by atoms with Crippen LogP contribution in [0.15, 0.2) is 53.5 Å². The first-order valence-electron chi connectivity index (χ1n) is 7.52. The average molecular weight is 332 g/mol. The second-order valence-corrected chi connectivity index (χ2v) is 5.45. The van der Waals surface area contributed by atoms with Crippen LogP contribution in [0.5, 0.6) is 0 Å². The van der Waals surface area contributed by atoms with Gasteiger partial charge in [0.1, 0.15) is 0 Å². The molecular formula is C18H22ClN3O. The summed E-state index contributed by atoms with van der Waals surface area (Å²) in [5.74, 6) is 0.757. The van der Waals surface area contributed by atoms with Crippen molar-refractivity contribution in [1.82, 2.24) is 10.6 Å². The molecule has 5 heteroatoms. The quantitative estimate of drug-likeness (QED) is 0.485. The minimum atomic E-state index is 0.641. The molecule has 0 amide bonds. The molecule has 23 heavy (non-hydrogen) atoms. The fraction of sp³-hybridized carbons (Fsp3) is 0.278. The third kappa shape index (κ3) is 5.27. The summed E-state index contributed by atoms with van der Waals surface area (Å²) in [7, 11) is 3.44. The van der Waals surface area contributed by atoms with Crippen LogP contribution in [0.1, 0.15) is 5.56 Å². The highest BCUT2D eigenvalue weighted by atomic mass is 35.5. The van der Waals surface area contributed by atoms with E-state index in [0.717, 1.165) is 23.1 Å².